The van der Waals surface area contributed by atoms with Gasteiger partial charge in [0.05, 0.1) is 17.8 Å². The van der Waals surface area contributed by atoms with Gasteiger partial charge in [0.2, 0.25) is 0 Å². The van der Waals surface area contributed by atoms with Gasteiger partial charge in [-0.1, -0.05) is 99.0 Å². The molecule has 6 heteroatoms. The average Bonchev–Trinajstić information content (AvgIpc) is 3.45. The van der Waals surface area contributed by atoms with E-state index in [9.17, 15) is 13.2 Å². The first-order valence-corrected chi connectivity index (χ1v) is 16.5. The van der Waals surface area contributed by atoms with Crippen molar-refractivity contribution in [1.29, 1.82) is 0 Å². The van der Waals surface area contributed by atoms with E-state index in [4.69, 9.17) is 0 Å². The Hall–Kier alpha value is -2.41. The first-order chi connectivity index (χ1) is 17.7. The molecular formula is C31H35F3N2Si. The number of allylic oxidation sites excluding steroid dienone is 10. The van der Waals surface area contributed by atoms with Gasteiger partial charge in [0, 0.05) is 6.04 Å². The van der Waals surface area contributed by atoms with E-state index in [-0.39, 0.29) is 18.2 Å². The lowest BCUT2D eigenvalue weighted by molar-refractivity contribution is -0.137. The van der Waals surface area contributed by atoms with Crippen molar-refractivity contribution in [2.45, 2.75) is 56.4 Å². The van der Waals surface area contributed by atoms with Gasteiger partial charge in [-0.25, -0.2) is 0 Å². The van der Waals surface area contributed by atoms with Crippen LogP contribution >= 0.6 is 0 Å². The van der Waals surface area contributed by atoms with Crippen LogP contribution in [0.25, 0.3) is 5.57 Å². The third-order valence-corrected chi connectivity index (χ3v) is 13.8. The van der Waals surface area contributed by atoms with Gasteiger partial charge in [0.25, 0.3) is 0 Å². The van der Waals surface area contributed by atoms with E-state index < -0.39 is 20.0 Å². The zero-order chi connectivity index (χ0) is 25.9. The summed E-state index contributed by atoms with van der Waals surface area (Å²) in [5, 5.41) is 3.91. The number of benzene rings is 1. The van der Waals surface area contributed by atoms with Gasteiger partial charge in [-0.3, -0.25) is 5.32 Å². The average molecular weight is 521 g/mol. The van der Waals surface area contributed by atoms with Gasteiger partial charge in [-0.05, 0) is 58.9 Å². The molecule has 2 fully saturated rings. The molecule has 0 aromatic heterocycles. The Balaban J connectivity index is 1.34. The second-order valence-corrected chi connectivity index (χ2v) is 16.1. The molecule has 7 atom stereocenters. The number of alkyl halides is 3. The lowest BCUT2D eigenvalue weighted by atomic mass is 9.83. The Morgan fingerprint density at radius 3 is 1.92 bits per heavy atom. The predicted octanol–water partition coefficient (Wildman–Crippen LogP) is 7.34. The molecule has 0 amide bonds. The second-order valence-electron chi connectivity index (χ2n) is 11.6. The summed E-state index contributed by atoms with van der Waals surface area (Å²) in [4.78, 5) is 0. The van der Waals surface area contributed by atoms with Gasteiger partial charge >= 0.3 is 6.18 Å². The fourth-order valence-corrected chi connectivity index (χ4v) is 12.9. The van der Waals surface area contributed by atoms with Crippen molar-refractivity contribution in [2.75, 3.05) is 0 Å². The number of halogens is 3. The van der Waals surface area contributed by atoms with E-state index in [1.54, 1.807) is 12.1 Å². The van der Waals surface area contributed by atoms with Crippen molar-refractivity contribution >= 4 is 13.8 Å². The molecular weight excluding hydrogens is 485 g/mol. The van der Waals surface area contributed by atoms with E-state index >= 15 is 0 Å². The maximum atomic E-state index is 13.2. The van der Waals surface area contributed by atoms with E-state index in [0.29, 0.717) is 29.2 Å². The molecule has 0 spiro atoms. The van der Waals surface area contributed by atoms with Crippen molar-refractivity contribution in [2.24, 2.45) is 23.7 Å². The van der Waals surface area contributed by atoms with E-state index in [0.717, 1.165) is 17.6 Å². The summed E-state index contributed by atoms with van der Waals surface area (Å²) in [6.45, 7) is 7.34. The fraction of sp³-hybridized carbons (Fsp3) is 0.419. The van der Waals surface area contributed by atoms with Crippen LogP contribution in [0.15, 0.2) is 91.1 Å². The minimum atomic E-state index is -4.32. The van der Waals surface area contributed by atoms with Crippen LogP contribution in [-0.2, 0) is 6.18 Å². The SMILES string of the molecule is CC[C@@H]1NC2C(c3ccc(C(F)(F)F)cc3)=CC=C[C@H]2N1[Si](C)(C)C1C2C=CC=CC2C2C=CC=CC21. The Bertz CT molecular complexity index is 1190. The van der Waals surface area contributed by atoms with Gasteiger partial charge in [-0.15, -0.1) is 0 Å². The maximum Gasteiger partial charge on any atom is 0.416 e. The Labute approximate surface area is 219 Å². The van der Waals surface area contributed by atoms with Crippen molar-refractivity contribution in [3.05, 3.63) is 102 Å². The highest BCUT2D eigenvalue weighted by Gasteiger charge is 2.59. The molecule has 5 aliphatic rings. The highest BCUT2D eigenvalue weighted by Crippen LogP contribution is 2.59. The molecule has 0 bridgehead atoms. The molecule has 0 radical (unpaired) electrons. The minimum absolute atomic E-state index is 0.0649. The number of nitrogens with one attached hydrogen (secondary N) is 1. The van der Waals surface area contributed by atoms with Crippen LogP contribution in [0, 0.1) is 23.7 Å². The first kappa shape index (κ1) is 24.9. The van der Waals surface area contributed by atoms with Crippen molar-refractivity contribution in [3.63, 3.8) is 0 Å². The summed E-state index contributed by atoms with van der Waals surface area (Å²) in [6, 6.07) is 5.92. The molecule has 37 heavy (non-hydrogen) atoms. The van der Waals surface area contributed by atoms with Crippen molar-refractivity contribution < 1.29 is 13.2 Å². The number of hydrogen-bond donors (Lipinski definition) is 1. The quantitative estimate of drug-likeness (QED) is 0.418. The third kappa shape index (κ3) is 3.99. The zero-order valence-corrected chi connectivity index (χ0v) is 22.6. The minimum Gasteiger partial charge on any atom is -0.301 e. The summed E-state index contributed by atoms with van der Waals surface area (Å²) in [6.07, 6.45) is 22.0. The van der Waals surface area contributed by atoms with Crippen LogP contribution in [0.4, 0.5) is 13.2 Å². The summed E-state index contributed by atoms with van der Waals surface area (Å²) in [5.41, 5.74) is 1.91. The fourth-order valence-electron chi connectivity index (χ4n) is 7.98. The number of nitrogens with zero attached hydrogens (tertiary/aromatic N) is 1. The monoisotopic (exact) mass is 520 g/mol. The third-order valence-electron chi connectivity index (χ3n) is 9.42. The molecule has 1 heterocycles. The zero-order valence-electron chi connectivity index (χ0n) is 21.6. The molecule has 1 aromatic rings. The van der Waals surface area contributed by atoms with Crippen LogP contribution in [0.2, 0.25) is 18.6 Å². The number of hydrogen-bond acceptors (Lipinski definition) is 2. The van der Waals surface area contributed by atoms with Crippen LogP contribution in [0.1, 0.15) is 24.5 Å². The van der Waals surface area contributed by atoms with Gasteiger partial charge in [0.1, 0.15) is 8.24 Å². The predicted molar refractivity (Wildman–Crippen MR) is 147 cm³/mol. The largest absolute Gasteiger partial charge is 0.416 e. The summed E-state index contributed by atoms with van der Waals surface area (Å²) in [7, 11) is -2.04. The lowest BCUT2D eigenvalue weighted by Gasteiger charge is -2.48. The topological polar surface area (TPSA) is 15.3 Å². The van der Waals surface area contributed by atoms with Crippen LogP contribution in [0.5, 0.6) is 0 Å². The standard InChI is InChI=1S/C31H35F3N2Si/c1-4-28-35-29-22(20-16-18-21(19-17-20)31(32,33)34)14-9-15-27(29)36(28)37(2,3)30-25-12-7-5-10-23(25)24-11-6-8-13-26(24)30/h5-19,23-30,35H,4H2,1-3H3/t23?,24?,25?,26?,27-,28-,29?,30?/m1/s1. The van der Waals surface area contributed by atoms with Gasteiger partial charge in [-0.2, -0.15) is 13.2 Å². The smallest absolute Gasteiger partial charge is 0.301 e. The van der Waals surface area contributed by atoms with Crippen LogP contribution in [0.3, 0.4) is 0 Å². The molecule has 1 saturated carbocycles. The molecule has 6 rings (SSSR count). The molecule has 5 unspecified atom stereocenters. The van der Waals surface area contributed by atoms with E-state index in [2.05, 4.69) is 96.7 Å². The molecule has 2 nitrogen and oxygen atoms in total. The normalized spacial score (nSPS) is 36.4. The lowest BCUT2D eigenvalue weighted by Crippen LogP contribution is -2.60. The van der Waals surface area contributed by atoms with Crippen LogP contribution < -0.4 is 5.32 Å². The van der Waals surface area contributed by atoms with E-state index in [1.165, 1.54) is 12.1 Å². The summed E-state index contributed by atoms with van der Waals surface area (Å²) < 4.78 is 42.4. The van der Waals surface area contributed by atoms with Crippen molar-refractivity contribution in [3.8, 4) is 0 Å². The van der Waals surface area contributed by atoms with E-state index in [1.807, 2.05) is 0 Å². The van der Waals surface area contributed by atoms with Crippen LogP contribution in [-0.4, -0.2) is 31.1 Å². The summed E-state index contributed by atoms with van der Waals surface area (Å²) >= 11 is 0. The molecule has 1 saturated heterocycles. The molecule has 1 aliphatic heterocycles. The van der Waals surface area contributed by atoms with Gasteiger partial charge in [0.15, 0.2) is 0 Å². The number of fused-ring (bicyclic) bond motifs is 4. The second kappa shape index (κ2) is 9.11. The highest BCUT2D eigenvalue weighted by atomic mass is 28.3. The number of rotatable bonds is 4. The summed E-state index contributed by atoms with van der Waals surface area (Å²) in [5.74, 6) is 2.15. The Morgan fingerprint density at radius 1 is 0.811 bits per heavy atom. The van der Waals surface area contributed by atoms with Crippen molar-refractivity contribution in [1.82, 2.24) is 9.88 Å². The molecule has 194 valence electrons. The molecule has 4 aliphatic carbocycles. The molecule has 1 aromatic carbocycles. The maximum absolute atomic E-state index is 13.2. The Kier molecular flexibility index (Phi) is 6.13. The van der Waals surface area contributed by atoms with Gasteiger partial charge < -0.3 is 4.57 Å². The molecule has 1 N–H and O–H groups in total. The highest BCUT2D eigenvalue weighted by molar-refractivity contribution is 6.76. The Morgan fingerprint density at radius 2 is 1.38 bits per heavy atom. The first-order valence-electron chi connectivity index (χ1n) is 13.5.